The van der Waals surface area contributed by atoms with Crippen LogP contribution in [0.25, 0.3) is 0 Å². The highest BCUT2D eigenvalue weighted by atomic mass is 16.2. The Labute approximate surface area is 116 Å². The van der Waals surface area contributed by atoms with Crippen molar-refractivity contribution in [2.24, 2.45) is 5.92 Å². The highest BCUT2D eigenvalue weighted by molar-refractivity contribution is 5.92. The van der Waals surface area contributed by atoms with E-state index in [-0.39, 0.29) is 5.91 Å². The van der Waals surface area contributed by atoms with E-state index in [1.54, 1.807) is 12.3 Å². The van der Waals surface area contributed by atoms with E-state index in [1.807, 2.05) is 17.9 Å². The summed E-state index contributed by atoms with van der Waals surface area (Å²) in [5.41, 5.74) is 1.48. The molecule has 1 heterocycles. The average molecular weight is 263 g/mol. The van der Waals surface area contributed by atoms with Gasteiger partial charge in [0.05, 0.1) is 11.9 Å². The van der Waals surface area contributed by atoms with Crippen LogP contribution < -0.4 is 5.32 Å². The van der Waals surface area contributed by atoms with Gasteiger partial charge in [0.2, 0.25) is 0 Å². The SMILES string of the molecule is CCCNc1ccc(C(=O)N(CC)CC(C)C)nc1. The molecular weight excluding hydrogens is 238 g/mol. The zero-order valence-electron chi connectivity index (χ0n) is 12.4. The number of hydrogen-bond donors (Lipinski definition) is 1. The first-order valence-corrected chi connectivity index (χ1v) is 7.07. The summed E-state index contributed by atoms with van der Waals surface area (Å²) in [6.45, 7) is 10.7. The number of amides is 1. The van der Waals surface area contributed by atoms with Crippen molar-refractivity contribution >= 4 is 11.6 Å². The molecule has 0 saturated heterocycles. The number of carbonyl (C=O) groups excluding carboxylic acids is 1. The summed E-state index contributed by atoms with van der Waals surface area (Å²) in [5, 5.41) is 3.25. The third-order valence-corrected chi connectivity index (χ3v) is 2.82. The smallest absolute Gasteiger partial charge is 0.272 e. The maximum absolute atomic E-state index is 12.3. The third-order valence-electron chi connectivity index (χ3n) is 2.82. The summed E-state index contributed by atoms with van der Waals surface area (Å²) in [4.78, 5) is 18.4. The van der Waals surface area contributed by atoms with Gasteiger partial charge in [-0.15, -0.1) is 0 Å². The lowest BCUT2D eigenvalue weighted by molar-refractivity contribution is 0.0740. The molecule has 1 rings (SSSR count). The van der Waals surface area contributed by atoms with Gasteiger partial charge in [-0.1, -0.05) is 20.8 Å². The minimum absolute atomic E-state index is 0.0123. The number of nitrogens with one attached hydrogen (secondary N) is 1. The second-order valence-corrected chi connectivity index (χ2v) is 5.10. The molecule has 0 aliphatic rings. The Kier molecular flexibility index (Phi) is 6.33. The van der Waals surface area contributed by atoms with E-state index >= 15 is 0 Å². The molecule has 0 aliphatic heterocycles. The van der Waals surface area contributed by atoms with Crippen LogP contribution in [0.4, 0.5) is 5.69 Å². The van der Waals surface area contributed by atoms with Crippen molar-refractivity contribution in [2.75, 3.05) is 25.0 Å². The van der Waals surface area contributed by atoms with Gasteiger partial charge in [0.15, 0.2) is 0 Å². The van der Waals surface area contributed by atoms with Gasteiger partial charge in [0.25, 0.3) is 5.91 Å². The van der Waals surface area contributed by atoms with Gasteiger partial charge in [0.1, 0.15) is 5.69 Å². The topological polar surface area (TPSA) is 45.2 Å². The predicted molar refractivity (Wildman–Crippen MR) is 79.4 cm³/mol. The molecule has 0 atom stereocenters. The molecule has 4 nitrogen and oxygen atoms in total. The van der Waals surface area contributed by atoms with Gasteiger partial charge in [0, 0.05) is 19.6 Å². The van der Waals surface area contributed by atoms with Crippen molar-refractivity contribution < 1.29 is 4.79 Å². The Morgan fingerprint density at radius 1 is 1.37 bits per heavy atom. The van der Waals surface area contributed by atoms with Crippen molar-refractivity contribution in [3.8, 4) is 0 Å². The summed E-state index contributed by atoms with van der Waals surface area (Å²) >= 11 is 0. The Hall–Kier alpha value is -1.58. The zero-order chi connectivity index (χ0) is 14.3. The summed E-state index contributed by atoms with van der Waals surface area (Å²) in [6, 6.07) is 3.71. The van der Waals surface area contributed by atoms with Gasteiger partial charge in [-0.25, -0.2) is 4.98 Å². The molecule has 0 unspecified atom stereocenters. The van der Waals surface area contributed by atoms with E-state index in [0.29, 0.717) is 18.2 Å². The minimum Gasteiger partial charge on any atom is -0.384 e. The van der Waals surface area contributed by atoms with E-state index < -0.39 is 0 Å². The Morgan fingerprint density at radius 3 is 2.58 bits per heavy atom. The second kappa shape index (κ2) is 7.77. The van der Waals surface area contributed by atoms with Crippen LogP contribution in [0.15, 0.2) is 18.3 Å². The minimum atomic E-state index is 0.0123. The van der Waals surface area contributed by atoms with Crippen molar-refractivity contribution in [3.05, 3.63) is 24.0 Å². The molecule has 0 aromatic carbocycles. The highest BCUT2D eigenvalue weighted by Crippen LogP contribution is 2.09. The Morgan fingerprint density at radius 2 is 2.11 bits per heavy atom. The third kappa shape index (κ3) is 4.89. The van der Waals surface area contributed by atoms with Gasteiger partial charge >= 0.3 is 0 Å². The molecule has 1 N–H and O–H groups in total. The van der Waals surface area contributed by atoms with Crippen LogP contribution in [-0.2, 0) is 0 Å². The molecule has 19 heavy (non-hydrogen) atoms. The highest BCUT2D eigenvalue weighted by Gasteiger charge is 2.16. The van der Waals surface area contributed by atoms with Crippen LogP contribution in [-0.4, -0.2) is 35.4 Å². The first-order valence-electron chi connectivity index (χ1n) is 7.07. The molecule has 0 spiro atoms. The molecule has 1 amide bonds. The summed E-state index contributed by atoms with van der Waals surface area (Å²) in [5.74, 6) is 0.479. The molecule has 106 valence electrons. The molecular formula is C15H25N3O. The van der Waals surface area contributed by atoms with Gasteiger partial charge < -0.3 is 10.2 Å². The number of hydrogen-bond acceptors (Lipinski definition) is 3. The van der Waals surface area contributed by atoms with E-state index in [2.05, 4.69) is 31.1 Å². The number of rotatable bonds is 7. The molecule has 0 radical (unpaired) electrons. The molecule has 0 bridgehead atoms. The maximum Gasteiger partial charge on any atom is 0.272 e. The van der Waals surface area contributed by atoms with Crippen LogP contribution in [0.5, 0.6) is 0 Å². The van der Waals surface area contributed by atoms with Gasteiger partial charge in [-0.2, -0.15) is 0 Å². The monoisotopic (exact) mass is 263 g/mol. The zero-order valence-corrected chi connectivity index (χ0v) is 12.4. The fraction of sp³-hybridized carbons (Fsp3) is 0.600. The molecule has 0 saturated carbocycles. The van der Waals surface area contributed by atoms with Crippen molar-refractivity contribution in [1.29, 1.82) is 0 Å². The molecule has 1 aromatic rings. The van der Waals surface area contributed by atoms with Crippen LogP contribution >= 0.6 is 0 Å². The fourth-order valence-corrected chi connectivity index (χ4v) is 1.85. The predicted octanol–water partition coefficient (Wildman–Crippen LogP) is 3.02. The summed E-state index contributed by atoms with van der Waals surface area (Å²) in [6.07, 6.45) is 2.80. The quantitative estimate of drug-likeness (QED) is 0.822. The van der Waals surface area contributed by atoms with Gasteiger partial charge in [-0.3, -0.25) is 4.79 Å². The number of nitrogens with zero attached hydrogens (tertiary/aromatic N) is 2. The Balaban J connectivity index is 2.70. The van der Waals surface area contributed by atoms with Crippen LogP contribution in [0.1, 0.15) is 44.6 Å². The molecule has 1 aromatic heterocycles. The number of anilines is 1. The van der Waals surface area contributed by atoms with Crippen LogP contribution in [0, 0.1) is 5.92 Å². The van der Waals surface area contributed by atoms with Crippen molar-refractivity contribution in [1.82, 2.24) is 9.88 Å². The fourth-order valence-electron chi connectivity index (χ4n) is 1.85. The van der Waals surface area contributed by atoms with E-state index in [0.717, 1.165) is 25.2 Å². The number of pyridine rings is 1. The molecule has 4 heteroatoms. The summed E-state index contributed by atoms with van der Waals surface area (Å²) < 4.78 is 0. The number of aromatic nitrogens is 1. The first-order chi connectivity index (χ1) is 9.08. The maximum atomic E-state index is 12.3. The lowest BCUT2D eigenvalue weighted by atomic mass is 10.2. The standard InChI is InChI=1S/C15H25N3O/c1-5-9-16-13-7-8-14(17-10-13)15(19)18(6-2)11-12(3)4/h7-8,10,12,16H,5-6,9,11H2,1-4H3. The average Bonchev–Trinajstić information content (AvgIpc) is 2.42. The lowest BCUT2D eigenvalue weighted by Gasteiger charge is -2.22. The van der Waals surface area contributed by atoms with E-state index in [1.165, 1.54) is 0 Å². The molecule has 0 fully saturated rings. The normalized spacial score (nSPS) is 10.6. The summed E-state index contributed by atoms with van der Waals surface area (Å²) in [7, 11) is 0. The Bertz CT molecular complexity index is 387. The largest absolute Gasteiger partial charge is 0.384 e. The van der Waals surface area contributed by atoms with Crippen LogP contribution in [0.3, 0.4) is 0 Å². The van der Waals surface area contributed by atoms with E-state index in [9.17, 15) is 4.79 Å². The second-order valence-electron chi connectivity index (χ2n) is 5.10. The van der Waals surface area contributed by atoms with Crippen molar-refractivity contribution in [3.63, 3.8) is 0 Å². The lowest BCUT2D eigenvalue weighted by Crippen LogP contribution is -2.34. The van der Waals surface area contributed by atoms with Gasteiger partial charge in [-0.05, 0) is 31.4 Å². The van der Waals surface area contributed by atoms with Crippen LogP contribution in [0.2, 0.25) is 0 Å². The van der Waals surface area contributed by atoms with Crippen molar-refractivity contribution in [2.45, 2.75) is 34.1 Å². The first kappa shape index (κ1) is 15.5. The number of carbonyl (C=O) groups is 1. The molecule has 0 aliphatic carbocycles. The van der Waals surface area contributed by atoms with E-state index in [4.69, 9.17) is 0 Å².